The summed E-state index contributed by atoms with van der Waals surface area (Å²) in [7, 11) is -2.42. The van der Waals surface area contributed by atoms with Gasteiger partial charge in [0.05, 0.1) is 18.4 Å². The van der Waals surface area contributed by atoms with Crippen LogP contribution in [0, 0.1) is 0 Å². The number of methoxy groups -OCH3 is 1. The van der Waals surface area contributed by atoms with Gasteiger partial charge in [-0.2, -0.15) is 4.31 Å². The zero-order chi connectivity index (χ0) is 24.8. The standard InChI is InChI=1S/C26H33N3O5S/c1-34-23-15-14-19(18-24(23)35(32,33)29-16-8-2-3-9-17-29)25(30)28-22-13-7-6-12-21(22)26(31)27-20-10-4-5-11-20/h6-7,12-15,18,20H,2-5,8-11,16-17H2,1H3,(H,27,31)(H,28,30). The lowest BCUT2D eigenvalue weighted by atomic mass is 10.1. The third-order valence-electron chi connectivity index (χ3n) is 6.72. The molecular weight excluding hydrogens is 466 g/mol. The molecule has 1 saturated carbocycles. The van der Waals surface area contributed by atoms with Gasteiger partial charge < -0.3 is 15.4 Å². The first-order valence-electron chi connectivity index (χ1n) is 12.3. The Labute approximate surface area is 207 Å². The van der Waals surface area contributed by atoms with Gasteiger partial charge in [-0.25, -0.2) is 8.42 Å². The predicted octanol–water partition coefficient (Wildman–Crippen LogP) is 4.18. The number of amides is 2. The van der Waals surface area contributed by atoms with Gasteiger partial charge in [-0.3, -0.25) is 9.59 Å². The van der Waals surface area contributed by atoms with Crippen molar-refractivity contribution in [3.05, 3.63) is 53.6 Å². The summed E-state index contributed by atoms with van der Waals surface area (Å²) in [5.74, 6) is -0.532. The van der Waals surface area contributed by atoms with Crippen LogP contribution in [-0.2, 0) is 10.0 Å². The van der Waals surface area contributed by atoms with Crippen LogP contribution < -0.4 is 15.4 Å². The molecule has 1 aliphatic carbocycles. The zero-order valence-electron chi connectivity index (χ0n) is 20.1. The summed E-state index contributed by atoms with van der Waals surface area (Å²) in [4.78, 5) is 26.0. The van der Waals surface area contributed by atoms with Crippen molar-refractivity contribution in [2.24, 2.45) is 0 Å². The first-order valence-corrected chi connectivity index (χ1v) is 13.7. The van der Waals surface area contributed by atoms with Crippen LogP contribution >= 0.6 is 0 Å². The number of anilines is 1. The maximum Gasteiger partial charge on any atom is 0.255 e. The van der Waals surface area contributed by atoms with Gasteiger partial charge in [0.15, 0.2) is 0 Å². The summed E-state index contributed by atoms with van der Waals surface area (Å²) in [5.41, 5.74) is 0.921. The summed E-state index contributed by atoms with van der Waals surface area (Å²) in [6.07, 6.45) is 7.73. The Bertz CT molecular complexity index is 1170. The normalized spacial score (nSPS) is 17.5. The van der Waals surface area contributed by atoms with Crippen LogP contribution in [0.3, 0.4) is 0 Å². The highest BCUT2D eigenvalue weighted by molar-refractivity contribution is 7.89. The molecule has 2 aliphatic rings. The molecule has 9 heteroatoms. The highest BCUT2D eigenvalue weighted by Gasteiger charge is 2.29. The lowest BCUT2D eigenvalue weighted by molar-refractivity contribution is 0.0938. The second kappa shape index (κ2) is 11.2. The molecule has 1 heterocycles. The fourth-order valence-corrected chi connectivity index (χ4v) is 6.46. The third kappa shape index (κ3) is 5.85. The van der Waals surface area contributed by atoms with Crippen molar-refractivity contribution in [2.45, 2.75) is 62.3 Å². The van der Waals surface area contributed by atoms with E-state index < -0.39 is 15.9 Å². The number of hydrogen-bond acceptors (Lipinski definition) is 5. The first kappa shape index (κ1) is 25.2. The second-order valence-corrected chi connectivity index (χ2v) is 11.0. The Hall–Kier alpha value is -2.91. The fourth-order valence-electron chi connectivity index (χ4n) is 4.76. The number of sulfonamides is 1. The molecule has 2 N–H and O–H groups in total. The van der Waals surface area contributed by atoms with Crippen LogP contribution in [0.15, 0.2) is 47.4 Å². The second-order valence-electron chi connectivity index (χ2n) is 9.14. The largest absolute Gasteiger partial charge is 0.495 e. The minimum Gasteiger partial charge on any atom is -0.495 e. The number of hydrogen-bond donors (Lipinski definition) is 2. The molecule has 2 fully saturated rings. The van der Waals surface area contributed by atoms with Gasteiger partial charge in [0.25, 0.3) is 11.8 Å². The average Bonchev–Trinajstić information content (AvgIpc) is 3.21. The number of para-hydroxylation sites is 1. The van der Waals surface area contributed by atoms with Gasteiger partial charge in [0.2, 0.25) is 10.0 Å². The van der Waals surface area contributed by atoms with E-state index >= 15 is 0 Å². The van der Waals surface area contributed by atoms with Crippen LogP contribution in [0.5, 0.6) is 5.75 Å². The van der Waals surface area contributed by atoms with Crippen molar-refractivity contribution >= 4 is 27.5 Å². The molecule has 2 aromatic rings. The van der Waals surface area contributed by atoms with Gasteiger partial charge >= 0.3 is 0 Å². The Balaban J connectivity index is 1.57. The van der Waals surface area contributed by atoms with Crippen molar-refractivity contribution in [2.75, 3.05) is 25.5 Å². The van der Waals surface area contributed by atoms with E-state index in [2.05, 4.69) is 10.6 Å². The molecule has 2 amide bonds. The molecule has 2 aromatic carbocycles. The number of nitrogens with zero attached hydrogens (tertiary/aromatic N) is 1. The maximum atomic E-state index is 13.4. The topological polar surface area (TPSA) is 105 Å². The van der Waals surface area contributed by atoms with E-state index in [0.29, 0.717) is 24.3 Å². The van der Waals surface area contributed by atoms with E-state index in [-0.39, 0.29) is 28.2 Å². The number of ether oxygens (including phenoxy) is 1. The molecule has 0 unspecified atom stereocenters. The average molecular weight is 500 g/mol. The Morgan fingerprint density at radius 2 is 1.60 bits per heavy atom. The van der Waals surface area contributed by atoms with E-state index in [1.807, 2.05) is 0 Å². The minimum atomic E-state index is -3.83. The summed E-state index contributed by atoms with van der Waals surface area (Å²) in [6.45, 7) is 0.900. The van der Waals surface area contributed by atoms with Gasteiger partial charge in [0, 0.05) is 24.7 Å². The van der Waals surface area contributed by atoms with Crippen molar-refractivity contribution in [3.8, 4) is 5.75 Å². The summed E-state index contributed by atoms with van der Waals surface area (Å²) >= 11 is 0. The highest BCUT2D eigenvalue weighted by atomic mass is 32.2. The molecule has 0 atom stereocenters. The van der Waals surface area contributed by atoms with Crippen LogP contribution in [-0.4, -0.2) is 50.8 Å². The highest BCUT2D eigenvalue weighted by Crippen LogP contribution is 2.30. The number of nitrogens with one attached hydrogen (secondary N) is 2. The molecule has 1 saturated heterocycles. The van der Waals surface area contributed by atoms with E-state index in [0.717, 1.165) is 51.4 Å². The molecule has 35 heavy (non-hydrogen) atoms. The maximum absolute atomic E-state index is 13.4. The van der Waals surface area contributed by atoms with E-state index in [4.69, 9.17) is 4.74 Å². The fraction of sp³-hybridized carbons (Fsp3) is 0.462. The lowest BCUT2D eigenvalue weighted by Crippen LogP contribution is -2.33. The Kier molecular flexibility index (Phi) is 8.07. The van der Waals surface area contributed by atoms with Crippen molar-refractivity contribution in [3.63, 3.8) is 0 Å². The molecule has 1 aliphatic heterocycles. The number of carbonyl (C=O) groups is 2. The van der Waals surface area contributed by atoms with Crippen molar-refractivity contribution < 1.29 is 22.7 Å². The molecule has 0 radical (unpaired) electrons. The van der Waals surface area contributed by atoms with E-state index in [1.165, 1.54) is 29.6 Å². The zero-order valence-corrected chi connectivity index (χ0v) is 20.9. The SMILES string of the molecule is COc1ccc(C(=O)Nc2ccccc2C(=O)NC2CCCC2)cc1S(=O)(=O)N1CCCCCC1. The smallest absolute Gasteiger partial charge is 0.255 e. The molecule has 8 nitrogen and oxygen atoms in total. The van der Waals surface area contributed by atoms with Gasteiger partial charge in [-0.1, -0.05) is 37.8 Å². The molecular formula is C26H33N3O5S. The summed E-state index contributed by atoms with van der Waals surface area (Å²) in [5, 5.41) is 5.83. The van der Waals surface area contributed by atoms with E-state index in [1.54, 1.807) is 24.3 Å². The monoisotopic (exact) mass is 499 g/mol. The van der Waals surface area contributed by atoms with Gasteiger partial charge in [0.1, 0.15) is 10.6 Å². The van der Waals surface area contributed by atoms with Gasteiger partial charge in [-0.15, -0.1) is 0 Å². The van der Waals surface area contributed by atoms with Gasteiger partial charge in [-0.05, 0) is 56.0 Å². The lowest BCUT2D eigenvalue weighted by Gasteiger charge is -2.21. The molecule has 188 valence electrons. The predicted molar refractivity (Wildman–Crippen MR) is 134 cm³/mol. The molecule has 0 bridgehead atoms. The van der Waals surface area contributed by atoms with Crippen molar-refractivity contribution in [1.82, 2.24) is 9.62 Å². The molecule has 0 spiro atoms. The third-order valence-corrected chi connectivity index (χ3v) is 8.64. The van der Waals surface area contributed by atoms with Crippen LogP contribution in [0.2, 0.25) is 0 Å². The van der Waals surface area contributed by atoms with Crippen LogP contribution in [0.4, 0.5) is 5.69 Å². The Morgan fingerprint density at radius 1 is 0.914 bits per heavy atom. The number of carbonyl (C=O) groups excluding carboxylic acids is 2. The summed E-state index contributed by atoms with van der Waals surface area (Å²) in [6, 6.07) is 11.4. The summed E-state index contributed by atoms with van der Waals surface area (Å²) < 4.78 is 33.6. The molecule has 4 rings (SSSR count). The first-order chi connectivity index (χ1) is 16.9. The van der Waals surface area contributed by atoms with Crippen molar-refractivity contribution in [1.29, 1.82) is 0 Å². The van der Waals surface area contributed by atoms with Crippen LogP contribution in [0.25, 0.3) is 0 Å². The molecule has 0 aromatic heterocycles. The minimum absolute atomic E-state index is 0.0261. The quantitative estimate of drug-likeness (QED) is 0.595. The Morgan fingerprint density at radius 3 is 2.29 bits per heavy atom. The van der Waals surface area contributed by atoms with Crippen LogP contribution in [0.1, 0.15) is 72.1 Å². The number of benzene rings is 2. The number of rotatable bonds is 7. The van der Waals surface area contributed by atoms with E-state index in [9.17, 15) is 18.0 Å².